The smallest absolute Gasteiger partial charge is 0.234 e. The molecule has 2 aromatic carbocycles. The van der Waals surface area contributed by atoms with Gasteiger partial charge >= 0.3 is 0 Å². The van der Waals surface area contributed by atoms with E-state index in [1.807, 2.05) is 50.2 Å². The zero-order valence-corrected chi connectivity index (χ0v) is 12.4. The molecule has 0 atom stereocenters. The first kappa shape index (κ1) is 12.9. The van der Waals surface area contributed by atoms with Crippen molar-refractivity contribution < 1.29 is 4.79 Å². The van der Waals surface area contributed by atoms with Gasteiger partial charge in [0.15, 0.2) is 0 Å². The Morgan fingerprint density at radius 1 is 1.14 bits per heavy atom. The number of anilines is 2. The van der Waals surface area contributed by atoms with Crippen LogP contribution in [0.15, 0.2) is 36.4 Å². The van der Waals surface area contributed by atoms with Crippen LogP contribution in [0.3, 0.4) is 0 Å². The van der Waals surface area contributed by atoms with Gasteiger partial charge in [-0.3, -0.25) is 4.79 Å². The quantitative estimate of drug-likeness (QED) is 0.603. The number of amides is 1. The van der Waals surface area contributed by atoms with Crippen molar-refractivity contribution in [1.82, 2.24) is 9.97 Å². The Morgan fingerprint density at radius 3 is 2.59 bits per heavy atom. The molecule has 0 radical (unpaired) electrons. The van der Waals surface area contributed by atoms with Crippen LogP contribution in [0.4, 0.5) is 11.4 Å². The van der Waals surface area contributed by atoms with E-state index in [1.165, 1.54) is 0 Å². The molecule has 2 heterocycles. The summed E-state index contributed by atoms with van der Waals surface area (Å²) in [5.74, 6) is 0.816. The van der Waals surface area contributed by atoms with Gasteiger partial charge in [0.1, 0.15) is 5.82 Å². The molecule has 3 aromatic rings. The highest BCUT2D eigenvalue weighted by atomic mass is 16.2. The van der Waals surface area contributed by atoms with Gasteiger partial charge in [-0.2, -0.15) is 0 Å². The maximum absolute atomic E-state index is 12.0. The maximum Gasteiger partial charge on any atom is 0.234 e. The highest BCUT2D eigenvalue weighted by Crippen LogP contribution is 2.39. The van der Waals surface area contributed by atoms with E-state index in [9.17, 15) is 4.79 Å². The molecule has 4 rings (SSSR count). The molecule has 0 saturated heterocycles. The van der Waals surface area contributed by atoms with Crippen LogP contribution in [-0.2, 0) is 10.2 Å². The topological polar surface area (TPSA) is 83.8 Å². The number of carbonyl (C=O) groups is 1. The summed E-state index contributed by atoms with van der Waals surface area (Å²) < 4.78 is 0. The van der Waals surface area contributed by atoms with Gasteiger partial charge in [-0.05, 0) is 55.8 Å². The number of carbonyl (C=O) groups excluding carboxylic acids is 1. The number of fused-ring (bicyclic) bond motifs is 2. The highest BCUT2D eigenvalue weighted by molar-refractivity contribution is 6.07. The first-order chi connectivity index (χ1) is 10.4. The zero-order chi connectivity index (χ0) is 15.5. The molecule has 22 heavy (non-hydrogen) atoms. The fourth-order valence-corrected chi connectivity index (χ4v) is 2.86. The number of rotatable bonds is 1. The van der Waals surface area contributed by atoms with Gasteiger partial charge in [0.2, 0.25) is 5.91 Å². The molecule has 1 aliphatic heterocycles. The average molecular weight is 292 g/mol. The van der Waals surface area contributed by atoms with Crippen LogP contribution in [0.25, 0.3) is 22.4 Å². The SMILES string of the molecule is CC1(C)C(=O)Nc2cc3[nH]c(-c4ccc(N)cc4)nc3cc21. The van der Waals surface area contributed by atoms with Crippen LogP contribution < -0.4 is 11.1 Å². The molecule has 0 aliphatic carbocycles. The number of nitrogens with two attached hydrogens (primary N) is 1. The van der Waals surface area contributed by atoms with E-state index in [2.05, 4.69) is 15.3 Å². The molecule has 0 unspecified atom stereocenters. The van der Waals surface area contributed by atoms with Crippen LogP contribution >= 0.6 is 0 Å². The van der Waals surface area contributed by atoms with E-state index in [-0.39, 0.29) is 5.91 Å². The number of nitrogen functional groups attached to an aromatic ring is 1. The van der Waals surface area contributed by atoms with E-state index in [1.54, 1.807) is 0 Å². The predicted molar refractivity (Wildman–Crippen MR) is 87.6 cm³/mol. The molecule has 4 N–H and O–H groups in total. The van der Waals surface area contributed by atoms with Crippen molar-refractivity contribution >= 4 is 28.3 Å². The maximum atomic E-state index is 12.0. The van der Waals surface area contributed by atoms with Crippen LogP contribution in [0, 0.1) is 0 Å². The Bertz CT molecular complexity index is 906. The molecule has 0 fully saturated rings. The molecule has 0 bridgehead atoms. The van der Waals surface area contributed by atoms with Crippen LogP contribution in [0.2, 0.25) is 0 Å². The molecule has 1 aliphatic rings. The third-order valence-electron chi connectivity index (χ3n) is 4.29. The fourth-order valence-electron chi connectivity index (χ4n) is 2.86. The highest BCUT2D eigenvalue weighted by Gasteiger charge is 2.38. The Hall–Kier alpha value is -2.82. The number of H-pyrrole nitrogens is 1. The van der Waals surface area contributed by atoms with Gasteiger partial charge in [0, 0.05) is 16.9 Å². The molecule has 1 amide bonds. The molecule has 0 spiro atoms. The lowest BCUT2D eigenvalue weighted by atomic mass is 9.86. The summed E-state index contributed by atoms with van der Waals surface area (Å²) >= 11 is 0. The number of hydrogen-bond acceptors (Lipinski definition) is 3. The van der Waals surface area contributed by atoms with Crippen molar-refractivity contribution in [3.8, 4) is 11.4 Å². The summed E-state index contributed by atoms with van der Waals surface area (Å²) in [6, 6.07) is 11.5. The third-order valence-corrected chi connectivity index (χ3v) is 4.29. The monoisotopic (exact) mass is 292 g/mol. The molecular formula is C17H16N4O. The van der Waals surface area contributed by atoms with Crippen molar-refractivity contribution in [2.45, 2.75) is 19.3 Å². The molecule has 5 nitrogen and oxygen atoms in total. The number of nitrogens with zero attached hydrogens (tertiary/aromatic N) is 1. The second-order valence-corrected chi connectivity index (χ2v) is 6.20. The summed E-state index contributed by atoms with van der Waals surface area (Å²) in [5.41, 5.74) is 10.5. The third kappa shape index (κ3) is 1.72. The normalized spacial score (nSPS) is 15.8. The van der Waals surface area contributed by atoms with E-state index >= 15 is 0 Å². The summed E-state index contributed by atoms with van der Waals surface area (Å²) in [6.45, 7) is 3.85. The predicted octanol–water partition coefficient (Wildman–Crippen LogP) is 3.04. The van der Waals surface area contributed by atoms with E-state index in [4.69, 9.17) is 5.73 Å². The van der Waals surface area contributed by atoms with Gasteiger partial charge < -0.3 is 16.0 Å². The zero-order valence-electron chi connectivity index (χ0n) is 12.4. The standard InChI is InChI=1S/C17H16N4O/c1-17(2)11-7-13-14(8-12(11)21-16(17)22)20-15(19-13)9-3-5-10(18)6-4-9/h3-8H,18H2,1-2H3,(H,19,20)(H,21,22). The number of benzene rings is 2. The second kappa shape index (κ2) is 4.10. The number of hydrogen-bond donors (Lipinski definition) is 3. The lowest BCUT2D eigenvalue weighted by molar-refractivity contribution is -0.119. The Balaban J connectivity index is 1.87. The van der Waals surface area contributed by atoms with E-state index in [0.29, 0.717) is 0 Å². The molecule has 5 heteroatoms. The van der Waals surface area contributed by atoms with Crippen molar-refractivity contribution in [2.24, 2.45) is 0 Å². The minimum absolute atomic E-state index is 0.0221. The Kier molecular flexibility index (Phi) is 2.40. The number of aromatic nitrogens is 2. The van der Waals surface area contributed by atoms with Crippen molar-refractivity contribution in [2.75, 3.05) is 11.1 Å². The summed E-state index contributed by atoms with van der Waals surface area (Å²) in [5, 5.41) is 2.93. The summed E-state index contributed by atoms with van der Waals surface area (Å²) in [4.78, 5) is 20.0. The molecule has 110 valence electrons. The van der Waals surface area contributed by atoms with Crippen molar-refractivity contribution in [1.29, 1.82) is 0 Å². The minimum atomic E-state index is -0.524. The molecule has 0 saturated carbocycles. The second-order valence-electron chi connectivity index (χ2n) is 6.20. The molecule has 1 aromatic heterocycles. The van der Waals surface area contributed by atoms with Gasteiger partial charge in [-0.25, -0.2) is 4.98 Å². The molecular weight excluding hydrogens is 276 g/mol. The minimum Gasteiger partial charge on any atom is -0.399 e. The van der Waals surface area contributed by atoms with E-state index < -0.39 is 5.41 Å². The van der Waals surface area contributed by atoms with E-state index in [0.717, 1.165) is 39.4 Å². The summed E-state index contributed by atoms with van der Waals surface area (Å²) in [7, 11) is 0. The van der Waals surface area contributed by atoms with Crippen molar-refractivity contribution in [3.05, 3.63) is 42.0 Å². The Labute approximate surface area is 127 Å². The lowest BCUT2D eigenvalue weighted by Gasteiger charge is -2.14. The Morgan fingerprint density at radius 2 is 1.86 bits per heavy atom. The number of imidazole rings is 1. The van der Waals surface area contributed by atoms with Crippen LogP contribution in [0.5, 0.6) is 0 Å². The first-order valence-electron chi connectivity index (χ1n) is 7.17. The lowest BCUT2D eigenvalue weighted by Crippen LogP contribution is -2.26. The fraction of sp³-hybridized carbons (Fsp3) is 0.176. The van der Waals surface area contributed by atoms with Crippen LogP contribution in [-0.4, -0.2) is 15.9 Å². The van der Waals surface area contributed by atoms with Gasteiger partial charge in [0.25, 0.3) is 0 Å². The number of nitrogens with one attached hydrogen (secondary N) is 2. The number of aromatic amines is 1. The average Bonchev–Trinajstić information content (AvgIpc) is 2.98. The summed E-state index contributed by atoms with van der Waals surface area (Å²) in [6.07, 6.45) is 0. The van der Waals surface area contributed by atoms with Gasteiger partial charge in [0.05, 0.1) is 16.4 Å². The van der Waals surface area contributed by atoms with Gasteiger partial charge in [-0.15, -0.1) is 0 Å². The van der Waals surface area contributed by atoms with Crippen LogP contribution in [0.1, 0.15) is 19.4 Å². The van der Waals surface area contributed by atoms with Crippen molar-refractivity contribution in [3.63, 3.8) is 0 Å². The largest absolute Gasteiger partial charge is 0.399 e. The first-order valence-corrected chi connectivity index (χ1v) is 7.17. The van der Waals surface area contributed by atoms with Gasteiger partial charge in [-0.1, -0.05) is 0 Å².